The smallest absolute Gasteiger partial charge is 0.359 e. The van der Waals surface area contributed by atoms with Crippen LogP contribution in [0.5, 0.6) is 0 Å². The summed E-state index contributed by atoms with van der Waals surface area (Å²) < 4.78 is 19.6. The van der Waals surface area contributed by atoms with Crippen molar-refractivity contribution in [2.45, 2.75) is 19.9 Å². The van der Waals surface area contributed by atoms with Crippen LogP contribution in [-0.2, 0) is 20.9 Å². The van der Waals surface area contributed by atoms with Crippen LogP contribution >= 0.6 is 0 Å². The highest BCUT2D eigenvalue weighted by molar-refractivity contribution is 6.03. The Morgan fingerprint density at radius 2 is 1.75 bits per heavy atom. The first-order valence-electron chi connectivity index (χ1n) is 9.83. The van der Waals surface area contributed by atoms with Gasteiger partial charge < -0.3 is 15.4 Å². The second-order valence-electron chi connectivity index (χ2n) is 6.83. The van der Waals surface area contributed by atoms with E-state index >= 15 is 0 Å². The van der Waals surface area contributed by atoms with Gasteiger partial charge in [0.05, 0.1) is 5.39 Å². The Balaban J connectivity index is 1.82. The molecule has 0 radical (unpaired) electrons. The normalized spacial score (nSPS) is 10.7. The minimum absolute atomic E-state index is 0.0702. The Labute approximate surface area is 182 Å². The Bertz CT molecular complexity index is 1220. The van der Waals surface area contributed by atoms with E-state index in [2.05, 4.69) is 5.10 Å². The lowest BCUT2D eigenvalue weighted by Gasteiger charge is -2.22. The number of benzene rings is 2. The van der Waals surface area contributed by atoms with Crippen LogP contribution in [0.1, 0.15) is 23.8 Å². The van der Waals surface area contributed by atoms with Crippen molar-refractivity contribution in [3.05, 3.63) is 70.4 Å². The number of carbonyl (C=O) groups excluding carboxylic acids is 3. The predicted molar refractivity (Wildman–Crippen MR) is 115 cm³/mol. The lowest BCUT2D eigenvalue weighted by Crippen LogP contribution is -2.37. The molecule has 0 aliphatic heterocycles. The molecule has 9 nitrogen and oxygen atoms in total. The molecule has 0 spiro atoms. The monoisotopic (exact) mass is 440 g/mol. The summed E-state index contributed by atoms with van der Waals surface area (Å²) in [6.45, 7) is 1.23. The highest BCUT2D eigenvalue weighted by Crippen LogP contribution is 2.17. The van der Waals surface area contributed by atoms with Crippen molar-refractivity contribution in [2.75, 3.05) is 18.1 Å². The molecule has 0 fully saturated rings. The van der Waals surface area contributed by atoms with E-state index in [0.29, 0.717) is 16.5 Å². The number of rotatable bonds is 8. The number of halogens is 1. The van der Waals surface area contributed by atoms with E-state index in [1.165, 1.54) is 17.0 Å². The first-order valence-corrected chi connectivity index (χ1v) is 9.83. The number of anilines is 1. The number of esters is 1. The van der Waals surface area contributed by atoms with Gasteiger partial charge in [0.1, 0.15) is 5.82 Å². The molecule has 0 aliphatic carbocycles. The maximum absolute atomic E-state index is 13.2. The van der Waals surface area contributed by atoms with E-state index < -0.39 is 30.2 Å². The number of hydrogen-bond donors (Lipinski definition) is 1. The molecule has 0 atom stereocenters. The number of aryl methyl sites for hydroxylation is 1. The number of ether oxygens (including phenoxy) is 1. The van der Waals surface area contributed by atoms with Gasteiger partial charge in [-0.3, -0.25) is 14.4 Å². The third-order valence-electron chi connectivity index (χ3n) is 4.71. The third-order valence-corrected chi connectivity index (χ3v) is 4.71. The topological polar surface area (TPSA) is 125 Å². The average molecular weight is 440 g/mol. The molecule has 1 aromatic heterocycles. The van der Waals surface area contributed by atoms with Crippen molar-refractivity contribution < 1.29 is 23.5 Å². The number of primary amides is 1. The molecule has 0 unspecified atom stereocenters. The summed E-state index contributed by atoms with van der Waals surface area (Å²) in [6, 6.07) is 11.5. The number of hydrogen-bond acceptors (Lipinski definition) is 6. The van der Waals surface area contributed by atoms with Gasteiger partial charge in [-0.05, 0) is 37.3 Å². The lowest BCUT2D eigenvalue weighted by molar-refractivity contribution is -0.121. The van der Waals surface area contributed by atoms with Gasteiger partial charge in [-0.1, -0.05) is 18.2 Å². The van der Waals surface area contributed by atoms with Crippen LogP contribution < -0.4 is 16.2 Å². The molecule has 2 aromatic carbocycles. The molecule has 0 bridgehead atoms. The van der Waals surface area contributed by atoms with Gasteiger partial charge in [0.25, 0.3) is 11.5 Å². The van der Waals surface area contributed by atoms with Crippen LogP contribution in [0.4, 0.5) is 10.1 Å². The summed E-state index contributed by atoms with van der Waals surface area (Å²) in [5, 5.41) is 4.68. The van der Waals surface area contributed by atoms with Gasteiger partial charge in [0, 0.05) is 30.6 Å². The molecule has 166 valence electrons. The minimum Gasteiger partial charge on any atom is -0.451 e. The average Bonchev–Trinajstić information content (AvgIpc) is 2.79. The van der Waals surface area contributed by atoms with E-state index in [-0.39, 0.29) is 30.8 Å². The van der Waals surface area contributed by atoms with E-state index in [4.69, 9.17) is 10.5 Å². The first kappa shape index (κ1) is 22.6. The molecule has 0 saturated heterocycles. The Kier molecular flexibility index (Phi) is 6.93. The van der Waals surface area contributed by atoms with Gasteiger partial charge in [-0.15, -0.1) is 0 Å². The molecule has 3 rings (SSSR count). The van der Waals surface area contributed by atoms with Crippen molar-refractivity contribution in [3.8, 4) is 0 Å². The molecule has 2 amide bonds. The number of aromatic nitrogens is 2. The summed E-state index contributed by atoms with van der Waals surface area (Å²) in [4.78, 5) is 50.2. The van der Waals surface area contributed by atoms with Crippen molar-refractivity contribution in [1.29, 1.82) is 0 Å². The van der Waals surface area contributed by atoms with Crippen LogP contribution in [0, 0.1) is 5.82 Å². The van der Waals surface area contributed by atoms with E-state index in [9.17, 15) is 23.6 Å². The van der Waals surface area contributed by atoms with Gasteiger partial charge >= 0.3 is 5.97 Å². The predicted octanol–water partition coefficient (Wildman–Crippen LogP) is 1.62. The van der Waals surface area contributed by atoms with Crippen LogP contribution in [0.15, 0.2) is 53.3 Å². The first-order chi connectivity index (χ1) is 15.3. The fraction of sp³-hybridized carbons (Fsp3) is 0.227. The largest absolute Gasteiger partial charge is 0.451 e. The molecule has 2 N–H and O–H groups in total. The van der Waals surface area contributed by atoms with Gasteiger partial charge in [0.2, 0.25) is 5.91 Å². The van der Waals surface area contributed by atoms with Crippen molar-refractivity contribution in [3.63, 3.8) is 0 Å². The molecular formula is C22H21FN4O5. The third kappa shape index (κ3) is 4.97. The zero-order valence-electron chi connectivity index (χ0n) is 17.3. The van der Waals surface area contributed by atoms with Crippen LogP contribution in [0.25, 0.3) is 10.8 Å². The molecule has 1 heterocycles. The Morgan fingerprint density at radius 3 is 2.38 bits per heavy atom. The summed E-state index contributed by atoms with van der Waals surface area (Å²) in [5.41, 5.74) is 5.05. The van der Waals surface area contributed by atoms with Crippen molar-refractivity contribution in [2.24, 2.45) is 5.73 Å². The molecule has 32 heavy (non-hydrogen) atoms. The fourth-order valence-electron chi connectivity index (χ4n) is 3.11. The zero-order chi connectivity index (χ0) is 23.3. The zero-order valence-corrected chi connectivity index (χ0v) is 17.3. The van der Waals surface area contributed by atoms with Gasteiger partial charge in [0.15, 0.2) is 12.3 Å². The molecule has 10 heteroatoms. The number of amides is 2. The second kappa shape index (κ2) is 9.82. The van der Waals surface area contributed by atoms with Crippen molar-refractivity contribution >= 4 is 34.2 Å². The van der Waals surface area contributed by atoms with Crippen LogP contribution in [0.3, 0.4) is 0 Å². The SMILES string of the molecule is CCn1nc(C(=O)OCC(=O)N(CCC(N)=O)c2ccc(F)cc2)c2ccccc2c1=O. The molecule has 0 saturated carbocycles. The number of carbonyl (C=O) groups is 3. The maximum Gasteiger partial charge on any atom is 0.359 e. The van der Waals surface area contributed by atoms with Gasteiger partial charge in [-0.2, -0.15) is 5.10 Å². The molecule has 0 aliphatic rings. The van der Waals surface area contributed by atoms with Crippen LogP contribution in [-0.4, -0.2) is 40.7 Å². The minimum atomic E-state index is -0.884. The van der Waals surface area contributed by atoms with E-state index in [1.807, 2.05) is 0 Å². The molecule has 3 aromatic rings. The number of nitrogens with two attached hydrogens (primary N) is 1. The Morgan fingerprint density at radius 1 is 1.09 bits per heavy atom. The van der Waals surface area contributed by atoms with E-state index in [1.54, 1.807) is 31.2 Å². The second-order valence-corrected chi connectivity index (χ2v) is 6.83. The Hall–Kier alpha value is -4.08. The standard InChI is InChI=1S/C22H21FN4O5/c1-2-27-21(30)17-6-4-3-5-16(17)20(25-27)22(31)32-13-19(29)26(12-11-18(24)28)15-9-7-14(23)8-10-15/h3-10H,2,11-13H2,1H3,(H2,24,28). The lowest BCUT2D eigenvalue weighted by atomic mass is 10.1. The maximum atomic E-state index is 13.2. The summed E-state index contributed by atoms with van der Waals surface area (Å²) >= 11 is 0. The van der Waals surface area contributed by atoms with Crippen LogP contribution in [0.2, 0.25) is 0 Å². The van der Waals surface area contributed by atoms with Crippen molar-refractivity contribution in [1.82, 2.24) is 9.78 Å². The van der Waals surface area contributed by atoms with Gasteiger partial charge in [-0.25, -0.2) is 13.9 Å². The highest BCUT2D eigenvalue weighted by Gasteiger charge is 2.22. The molecular weight excluding hydrogens is 419 g/mol. The summed E-state index contributed by atoms with van der Waals surface area (Å²) in [7, 11) is 0. The quantitative estimate of drug-likeness (QED) is 0.531. The highest BCUT2D eigenvalue weighted by atomic mass is 19.1. The fourth-order valence-corrected chi connectivity index (χ4v) is 3.11. The summed E-state index contributed by atoms with van der Waals surface area (Å²) in [6.07, 6.45) is -0.134. The number of nitrogens with zero attached hydrogens (tertiary/aromatic N) is 3. The van der Waals surface area contributed by atoms with E-state index in [0.717, 1.165) is 16.8 Å². The number of fused-ring (bicyclic) bond motifs is 1. The summed E-state index contributed by atoms with van der Waals surface area (Å²) in [5.74, 6) is -2.64.